The first-order chi connectivity index (χ1) is 11.3. The molecule has 0 saturated carbocycles. The third-order valence-electron chi connectivity index (χ3n) is 3.91. The fraction of sp³-hybridized carbons (Fsp3) is 0.211. The van der Waals surface area contributed by atoms with Crippen molar-refractivity contribution in [3.05, 3.63) is 65.9 Å². The van der Waals surface area contributed by atoms with Crippen molar-refractivity contribution in [1.82, 2.24) is 9.88 Å². The molecule has 0 unspecified atom stereocenters. The molecule has 0 saturated heterocycles. The highest BCUT2D eigenvalue weighted by molar-refractivity contribution is 5.85. The molecule has 0 fully saturated rings. The van der Waals surface area contributed by atoms with Crippen LogP contribution in [-0.2, 0) is 24.9 Å². The number of carbonyl (C=O) groups is 1. The van der Waals surface area contributed by atoms with Gasteiger partial charge in [-0.2, -0.15) is 0 Å². The van der Waals surface area contributed by atoms with Gasteiger partial charge in [-0.05, 0) is 35.7 Å². The zero-order chi connectivity index (χ0) is 16.1. The molecule has 3 rings (SSSR count). The number of aryl methyl sites for hydroxylation is 1. The van der Waals surface area contributed by atoms with Gasteiger partial charge in [0.2, 0.25) is 6.41 Å². The van der Waals surface area contributed by atoms with Crippen LogP contribution >= 0.6 is 0 Å². The minimum atomic E-state index is 0.557. The van der Waals surface area contributed by atoms with Crippen LogP contribution < -0.4 is 10.1 Å². The topological polar surface area (TPSA) is 43.3 Å². The van der Waals surface area contributed by atoms with E-state index in [1.165, 1.54) is 10.9 Å². The van der Waals surface area contributed by atoms with Gasteiger partial charge in [-0.1, -0.05) is 30.3 Å². The Labute approximate surface area is 135 Å². The molecule has 4 heteroatoms. The maximum absolute atomic E-state index is 10.4. The lowest BCUT2D eigenvalue weighted by molar-refractivity contribution is -0.109. The lowest BCUT2D eigenvalue weighted by Crippen LogP contribution is -2.14. The summed E-state index contributed by atoms with van der Waals surface area (Å²) in [5.74, 6) is 0.858. The maximum atomic E-state index is 10.4. The number of aromatic nitrogens is 1. The second kappa shape index (κ2) is 7.01. The summed E-state index contributed by atoms with van der Waals surface area (Å²) in [7, 11) is 2.03. The van der Waals surface area contributed by atoms with Crippen molar-refractivity contribution in [3.8, 4) is 5.75 Å². The van der Waals surface area contributed by atoms with Crippen LogP contribution in [0.3, 0.4) is 0 Å². The standard InChI is InChI=1S/C19H20N2O2/c1-21-12-16(9-10-20-14-22)18-11-17(7-8-19(18)21)23-13-15-5-3-2-4-6-15/h2-8,11-12,14H,9-10,13H2,1H3,(H,20,22). The summed E-state index contributed by atoms with van der Waals surface area (Å²) in [5, 5.41) is 3.88. The molecule has 0 radical (unpaired) electrons. The average molecular weight is 308 g/mol. The highest BCUT2D eigenvalue weighted by Gasteiger charge is 2.08. The van der Waals surface area contributed by atoms with E-state index in [2.05, 4.69) is 40.3 Å². The molecule has 0 aliphatic carbocycles. The van der Waals surface area contributed by atoms with Gasteiger partial charge in [-0.25, -0.2) is 0 Å². The van der Waals surface area contributed by atoms with Crippen LogP contribution in [0, 0.1) is 0 Å². The first-order valence-electron chi connectivity index (χ1n) is 7.69. The quantitative estimate of drug-likeness (QED) is 0.538. The Morgan fingerprint density at radius 1 is 1.17 bits per heavy atom. The lowest BCUT2D eigenvalue weighted by Gasteiger charge is -2.07. The number of nitrogens with zero attached hydrogens (tertiary/aromatic N) is 1. The van der Waals surface area contributed by atoms with E-state index in [-0.39, 0.29) is 0 Å². The first-order valence-corrected chi connectivity index (χ1v) is 7.69. The molecule has 1 N–H and O–H groups in total. The Bertz CT molecular complexity index is 794. The molecule has 3 aromatic rings. The van der Waals surface area contributed by atoms with Crippen molar-refractivity contribution < 1.29 is 9.53 Å². The Balaban J connectivity index is 1.79. The molecular formula is C19H20N2O2. The van der Waals surface area contributed by atoms with Gasteiger partial charge in [0.1, 0.15) is 12.4 Å². The van der Waals surface area contributed by atoms with Crippen molar-refractivity contribution in [2.24, 2.45) is 7.05 Å². The van der Waals surface area contributed by atoms with Crippen molar-refractivity contribution >= 4 is 17.3 Å². The van der Waals surface area contributed by atoms with E-state index in [0.717, 1.165) is 29.7 Å². The van der Waals surface area contributed by atoms with Gasteiger partial charge in [0, 0.05) is 30.7 Å². The molecule has 0 atom stereocenters. The van der Waals surface area contributed by atoms with Crippen LogP contribution in [0.1, 0.15) is 11.1 Å². The minimum absolute atomic E-state index is 0.557. The van der Waals surface area contributed by atoms with Gasteiger partial charge in [-0.15, -0.1) is 0 Å². The monoisotopic (exact) mass is 308 g/mol. The molecule has 0 aliphatic rings. The summed E-state index contributed by atoms with van der Waals surface area (Å²) in [6, 6.07) is 16.3. The van der Waals surface area contributed by atoms with Crippen LogP contribution in [0.2, 0.25) is 0 Å². The number of benzene rings is 2. The fourth-order valence-corrected chi connectivity index (χ4v) is 2.75. The summed E-state index contributed by atoms with van der Waals surface area (Å²) in [6.07, 6.45) is 3.65. The molecule has 1 amide bonds. The van der Waals surface area contributed by atoms with Crippen molar-refractivity contribution in [1.29, 1.82) is 0 Å². The summed E-state index contributed by atoms with van der Waals surface area (Å²) < 4.78 is 8.01. The van der Waals surface area contributed by atoms with E-state index in [1.54, 1.807) is 0 Å². The molecule has 0 bridgehead atoms. The van der Waals surface area contributed by atoms with Crippen LogP contribution in [-0.4, -0.2) is 17.5 Å². The summed E-state index contributed by atoms with van der Waals surface area (Å²) in [4.78, 5) is 10.4. The number of hydrogen-bond acceptors (Lipinski definition) is 2. The van der Waals surface area contributed by atoms with Gasteiger partial charge < -0.3 is 14.6 Å². The third kappa shape index (κ3) is 3.54. The Kier molecular flexibility index (Phi) is 4.62. The number of nitrogens with one attached hydrogen (secondary N) is 1. The van der Waals surface area contributed by atoms with Gasteiger partial charge in [0.05, 0.1) is 0 Å². The first kappa shape index (κ1) is 15.2. The summed E-state index contributed by atoms with van der Waals surface area (Å²) in [5.41, 5.74) is 3.52. The van der Waals surface area contributed by atoms with Crippen LogP contribution in [0.25, 0.3) is 10.9 Å². The second-order valence-corrected chi connectivity index (χ2v) is 5.54. The highest BCUT2D eigenvalue weighted by atomic mass is 16.5. The molecule has 0 aliphatic heterocycles. The van der Waals surface area contributed by atoms with E-state index in [4.69, 9.17) is 4.74 Å². The van der Waals surface area contributed by atoms with Crippen LogP contribution in [0.4, 0.5) is 0 Å². The maximum Gasteiger partial charge on any atom is 0.207 e. The number of hydrogen-bond donors (Lipinski definition) is 1. The van der Waals surface area contributed by atoms with E-state index in [9.17, 15) is 4.79 Å². The number of rotatable bonds is 7. The lowest BCUT2D eigenvalue weighted by atomic mass is 10.1. The van der Waals surface area contributed by atoms with Gasteiger partial charge in [-0.3, -0.25) is 4.79 Å². The number of fused-ring (bicyclic) bond motifs is 1. The van der Waals surface area contributed by atoms with Crippen molar-refractivity contribution in [3.63, 3.8) is 0 Å². The molecule has 118 valence electrons. The SMILES string of the molecule is Cn1cc(CCNC=O)c2cc(OCc3ccccc3)ccc21. The summed E-state index contributed by atoms with van der Waals surface area (Å²) in [6.45, 7) is 1.19. The van der Waals surface area contributed by atoms with Gasteiger partial charge >= 0.3 is 0 Å². The third-order valence-corrected chi connectivity index (χ3v) is 3.91. The Morgan fingerprint density at radius 3 is 2.78 bits per heavy atom. The molecular weight excluding hydrogens is 288 g/mol. The second-order valence-electron chi connectivity index (χ2n) is 5.54. The largest absolute Gasteiger partial charge is 0.489 e. The smallest absolute Gasteiger partial charge is 0.207 e. The number of amides is 1. The normalized spacial score (nSPS) is 10.7. The minimum Gasteiger partial charge on any atom is -0.489 e. The van der Waals surface area contributed by atoms with E-state index < -0.39 is 0 Å². The molecule has 0 spiro atoms. The zero-order valence-corrected chi connectivity index (χ0v) is 13.2. The number of ether oxygens (including phenoxy) is 1. The molecule has 23 heavy (non-hydrogen) atoms. The zero-order valence-electron chi connectivity index (χ0n) is 13.2. The predicted octanol–water partition coefficient (Wildman–Crippen LogP) is 3.05. The Hall–Kier alpha value is -2.75. The van der Waals surface area contributed by atoms with E-state index in [0.29, 0.717) is 13.2 Å². The highest BCUT2D eigenvalue weighted by Crippen LogP contribution is 2.26. The molecule has 4 nitrogen and oxygen atoms in total. The van der Waals surface area contributed by atoms with Gasteiger partial charge in [0.25, 0.3) is 0 Å². The molecule has 1 heterocycles. The van der Waals surface area contributed by atoms with Gasteiger partial charge in [0.15, 0.2) is 0 Å². The number of carbonyl (C=O) groups excluding carboxylic acids is 1. The Morgan fingerprint density at radius 2 is 2.00 bits per heavy atom. The van der Waals surface area contributed by atoms with E-state index >= 15 is 0 Å². The van der Waals surface area contributed by atoms with Crippen LogP contribution in [0.15, 0.2) is 54.7 Å². The fourth-order valence-electron chi connectivity index (χ4n) is 2.75. The van der Waals surface area contributed by atoms with Crippen molar-refractivity contribution in [2.45, 2.75) is 13.0 Å². The predicted molar refractivity (Wildman–Crippen MR) is 91.5 cm³/mol. The molecule has 2 aromatic carbocycles. The molecule has 1 aromatic heterocycles. The van der Waals surface area contributed by atoms with Crippen LogP contribution in [0.5, 0.6) is 5.75 Å². The van der Waals surface area contributed by atoms with Crippen molar-refractivity contribution in [2.75, 3.05) is 6.54 Å². The average Bonchev–Trinajstić information content (AvgIpc) is 2.90. The van der Waals surface area contributed by atoms with E-state index in [1.807, 2.05) is 31.3 Å². The summed E-state index contributed by atoms with van der Waals surface area (Å²) >= 11 is 0.